The number of carbonyl (C=O) groups excluding carboxylic acids is 1. The summed E-state index contributed by atoms with van der Waals surface area (Å²) in [5.41, 5.74) is 6.91. The highest BCUT2D eigenvalue weighted by atomic mass is 19.1. The summed E-state index contributed by atoms with van der Waals surface area (Å²) in [7, 11) is 0. The van der Waals surface area contributed by atoms with Crippen LogP contribution in [0.15, 0.2) is 30.3 Å². The number of nitrogens with two attached hydrogens (primary N) is 1. The van der Waals surface area contributed by atoms with Gasteiger partial charge >= 0.3 is 0 Å². The fourth-order valence-electron chi connectivity index (χ4n) is 1.90. The smallest absolute Gasteiger partial charge is 0.255 e. The molecule has 0 aromatic heterocycles. The normalized spacial score (nSPS) is 10.4. The maximum Gasteiger partial charge on any atom is 0.255 e. The number of hydrogen-bond acceptors (Lipinski definition) is 2. The summed E-state index contributed by atoms with van der Waals surface area (Å²) in [6, 6.07) is 7.17. The Balaban J connectivity index is 2.35. The number of amides is 1. The second-order valence-electron chi connectivity index (χ2n) is 4.64. The van der Waals surface area contributed by atoms with Gasteiger partial charge in [0.15, 0.2) is 5.82 Å². The van der Waals surface area contributed by atoms with Crippen LogP contribution in [-0.2, 0) is 0 Å². The van der Waals surface area contributed by atoms with E-state index in [0.29, 0.717) is 5.69 Å². The van der Waals surface area contributed by atoms with E-state index >= 15 is 0 Å². The Morgan fingerprint density at radius 2 is 1.85 bits per heavy atom. The molecule has 104 valence electrons. The molecule has 0 unspecified atom stereocenters. The highest BCUT2D eigenvalue weighted by molar-refractivity contribution is 6.05. The third-order valence-corrected chi connectivity index (χ3v) is 2.88. The number of nitrogens with one attached hydrogen (secondary N) is 1. The van der Waals surface area contributed by atoms with Crippen LogP contribution >= 0.6 is 0 Å². The second-order valence-corrected chi connectivity index (χ2v) is 4.64. The monoisotopic (exact) mass is 276 g/mol. The van der Waals surface area contributed by atoms with Gasteiger partial charge in [-0.1, -0.05) is 6.07 Å². The maximum absolute atomic E-state index is 13.8. The molecule has 2 rings (SSSR count). The number of benzene rings is 2. The summed E-state index contributed by atoms with van der Waals surface area (Å²) in [4.78, 5) is 12.0. The van der Waals surface area contributed by atoms with E-state index in [-0.39, 0.29) is 11.1 Å². The lowest BCUT2D eigenvalue weighted by atomic mass is 10.1. The van der Waals surface area contributed by atoms with Gasteiger partial charge < -0.3 is 11.1 Å². The van der Waals surface area contributed by atoms with E-state index in [1.165, 1.54) is 19.1 Å². The lowest BCUT2D eigenvalue weighted by molar-refractivity contribution is 0.102. The van der Waals surface area contributed by atoms with E-state index in [9.17, 15) is 13.6 Å². The molecule has 20 heavy (non-hydrogen) atoms. The lowest BCUT2D eigenvalue weighted by Gasteiger charge is -2.10. The zero-order valence-electron chi connectivity index (χ0n) is 11.1. The highest BCUT2D eigenvalue weighted by Gasteiger charge is 2.15. The van der Waals surface area contributed by atoms with Crippen LogP contribution in [0.5, 0.6) is 0 Å². The Morgan fingerprint density at radius 3 is 2.50 bits per heavy atom. The number of carbonyl (C=O) groups is 1. The first kappa shape index (κ1) is 14.0. The number of anilines is 2. The van der Waals surface area contributed by atoms with Crippen molar-refractivity contribution in [3.8, 4) is 0 Å². The number of hydrogen-bond donors (Lipinski definition) is 2. The van der Waals surface area contributed by atoms with Gasteiger partial charge in [0.2, 0.25) is 0 Å². The standard InChI is InChI=1S/C15H14F2N2O/c1-8-5-10(7-11(18)6-8)15(20)19-14-12(16)4-3-9(2)13(14)17/h3-7H,18H2,1-2H3,(H,19,20). The van der Waals surface area contributed by atoms with Crippen molar-refractivity contribution in [2.45, 2.75) is 13.8 Å². The van der Waals surface area contributed by atoms with Gasteiger partial charge in [0.05, 0.1) is 0 Å². The number of aryl methyl sites for hydroxylation is 2. The fraction of sp³-hybridized carbons (Fsp3) is 0.133. The molecule has 3 nitrogen and oxygen atoms in total. The van der Waals surface area contributed by atoms with Crippen molar-refractivity contribution in [1.82, 2.24) is 0 Å². The van der Waals surface area contributed by atoms with Crippen LogP contribution in [0, 0.1) is 25.5 Å². The summed E-state index contributed by atoms with van der Waals surface area (Å²) in [5, 5.41) is 2.25. The molecule has 0 heterocycles. The lowest BCUT2D eigenvalue weighted by Crippen LogP contribution is -2.15. The van der Waals surface area contributed by atoms with Crippen LogP contribution in [0.25, 0.3) is 0 Å². The molecule has 0 aliphatic rings. The minimum Gasteiger partial charge on any atom is -0.399 e. The Bertz CT molecular complexity index is 664. The molecular formula is C15H14F2N2O. The minimum atomic E-state index is -0.818. The number of nitrogen functional groups attached to an aromatic ring is 1. The van der Waals surface area contributed by atoms with Gasteiger partial charge in [-0.05, 0) is 49.2 Å². The molecule has 2 aromatic carbocycles. The van der Waals surface area contributed by atoms with Crippen molar-refractivity contribution in [2.75, 3.05) is 11.1 Å². The third kappa shape index (κ3) is 2.77. The molecule has 0 radical (unpaired) electrons. The van der Waals surface area contributed by atoms with Gasteiger partial charge in [-0.2, -0.15) is 0 Å². The zero-order chi connectivity index (χ0) is 14.9. The van der Waals surface area contributed by atoms with Crippen LogP contribution in [0.1, 0.15) is 21.5 Å². The zero-order valence-corrected chi connectivity index (χ0v) is 11.1. The molecule has 0 bridgehead atoms. The Kier molecular flexibility index (Phi) is 3.70. The largest absolute Gasteiger partial charge is 0.399 e. The second kappa shape index (κ2) is 5.28. The van der Waals surface area contributed by atoms with E-state index in [4.69, 9.17) is 5.73 Å². The fourth-order valence-corrected chi connectivity index (χ4v) is 1.90. The summed E-state index contributed by atoms with van der Waals surface area (Å²) in [6.45, 7) is 3.27. The summed E-state index contributed by atoms with van der Waals surface area (Å²) in [6.07, 6.45) is 0. The first-order chi connectivity index (χ1) is 9.38. The molecular weight excluding hydrogens is 262 g/mol. The van der Waals surface area contributed by atoms with Crippen molar-refractivity contribution in [3.05, 3.63) is 58.7 Å². The van der Waals surface area contributed by atoms with E-state index in [2.05, 4.69) is 5.32 Å². The quantitative estimate of drug-likeness (QED) is 0.826. The molecule has 3 N–H and O–H groups in total. The van der Waals surface area contributed by atoms with Gasteiger partial charge in [-0.25, -0.2) is 8.78 Å². The van der Waals surface area contributed by atoms with Crippen molar-refractivity contribution in [1.29, 1.82) is 0 Å². The molecule has 0 saturated heterocycles. The van der Waals surface area contributed by atoms with Crippen LogP contribution in [0.4, 0.5) is 20.2 Å². The Morgan fingerprint density at radius 1 is 1.15 bits per heavy atom. The molecule has 1 amide bonds. The molecule has 0 saturated carbocycles. The van der Waals surface area contributed by atoms with E-state index < -0.39 is 23.2 Å². The van der Waals surface area contributed by atoms with Gasteiger partial charge in [0.25, 0.3) is 5.91 Å². The highest BCUT2D eigenvalue weighted by Crippen LogP contribution is 2.22. The summed E-state index contributed by atoms with van der Waals surface area (Å²) in [5.74, 6) is -2.20. The van der Waals surface area contributed by atoms with Crippen molar-refractivity contribution in [3.63, 3.8) is 0 Å². The predicted molar refractivity (Wildman–Crippen MR) is 74.6 cm³/mol. The van der Waals surface area contributed by atoms with E-state index in [1.807, 2.05) is 0 Å². The van der Waals surface area contributed by atoms with Crippen LogP contribution in [0.3, 0.4) is 0 Å². The van der Waals surface area contributed by atoms with Gasteiger partial charge in [0, 0.05) is 11.3 Å². The van der Waals surface area contributed by atoms with Crippen molar-refractivity contribution >= 4 is 17.3 Å². The van der Waals surface area contributed by atoms with E-state index in [0.717, 1.165) is 11.6 Å². The molecule has 0 spiro atoms. The van der Waals surface area contributed by atoms with Crippen LogP contribution in [-0.4, -0.2) is 5.91 Å². The van der Waals surface area contributed by atoms with Gasteiger partial charge in [-0.15, -0.1) is 0 Å². The average Bonchev–Trinajstić information content (AvgIpc) is 2.38. The molecule has 0 atom stereocenters. The van der Waals surface area contributed by atoms with E-state index in [1.54, 1.807) is 19.1 Å². The summed E-state index contributed by atoms with van der Waals surface area (Å²) < 4.78 is 27.4. The first-order valence-electron chi connectivity index (χ1n) is 6.01. The minimum absolute atomic E-state index is 0.253. The topological polar surface area (TPSA) is 55.1 Å². The summed E-state index contributed by atoms with van der Waals surface area (Å²) >= 11 is 0. The van der Waals surface area contributed by atoms with Crippen LogP contribution in [0.2, 0.25) is 0 Å². The van der Waals surface area contributed by atoms with Crippen LogP contribution < -0.4 is 11.1 Å². The number of halogens is 2. The maximum atomic E-state index is 13.8. The molecule has 2 aromatic rings. The average molecular weight is 276 g/mol. The molecule has 0 aliphatic heterocycles. The third-order valence-electron chi connectivity index (χ3n) is 2.88. The van der Waals surface area contributed by atoms with Gasteiger partial charge in [-0.3, -0.25) is 4.79 Å². The molecule has 5 heteroatoms. The molecule has 0 aliphatic carbocycles. The first-order valence-corrected chi connectivity index (χ1v) is 6.01. The number of rotatable bonds is 2. The van der Waals surface area contributed by atoms with Gasteiger partial charge in [0.1, 0.15) is 11.5 Å². The predicted octanol–water partition coefficient (Wildman–Crippen LogP) is 3.42. The Hall–Kier alpha value is -2.43. The van der Waals surface area contributed by atoms with Crippen molar-refractivity contribution in [2.24, 2.45) is 0 Å². The SMILES string of the molecule is Cc1cc(N)cc(C(=O)Nc2c(F)ccc(C)c2F)c1. The van der Waals surface area contributed by atoms with Crippen molar-refractivity contribution < 1.29 is 13.6 Å². The molecule has 0 fully saturated rings. The Labute approximate surface area is 115 Å².